The summed E-state index contributed by atoms with van der Waals surface area (Å²) in [6, 6.07) is 19.3. The minimum absolute atomic E-state index is 0.0878. The fourth-order valence-corrected chi connectivity index (χ4v) is 7.08. The largest absolute Gasteiger partial charge is 0.493 e. The number of aryl methyl sites for hydroxylation is 1. The highest BCUT2D eigenvalue weighted by atomic mass is 79.9. The van der Waals surface area contributed by atoms with Gasteiger partial charge in [-0.15, -0.1) is 0 Å². The van der Waals surface area contributed by atoms with E-state index in [2.05, 4.69) is 34.1 Å². The van der Waals surface area contributed by atoms with Crippen LogP contribution in [0.25, 0.3) is 11.8 Å². The summed E-state index contributed by atoms with van der Waals surface area (Å²) in [6.45, 7) is 2.53. The van der Waals surface area contributed by atoms with Crippen LogP contribution < -0.4 is 19.6 Å². The fourth-order valence-electron chi connectivity index (χ4n) is 5.05. The molecule has 1 aliphatic carbocycles. The molecule has 0 N–H and O–H groups in total. The van der Waals surface area contributed by atoms with E-state index < -0.39 is 0 Å². The van der Waals surface area contributed by atoms with E-state index >= 15 is 0 Å². The molecule has 3 aromatic carbocycles. The number of ether oxygens (including phenoxy) is 1. The average molecular weight is 612 g/mol. The molecule has 6 rings (SSSR count). The van der Waals surface area contributed by atoms with Crippen molar-refractivity contribution >= 4 is 62.2 Å². The standard InChI is InChI=1S/C29H21BrCl2N2O2S/c1-2-36-24-12-7-16(13-22(24)30)14-25-28(35)34-27(20-11-9-18(31)15-23(20)32)21-10-8-17-5-3-4-6-19(17)26(21)33-29(34)37-25/h3-7,9,11-15,27H,2,8,10H2,1H3/t27-/m0/s1. The monoisotopic (exact) mass is 610 g/mol. The van der Waals surface area contributed by atoms with Crippen molar-refractivity contribution in [2.24, 2.45) is 4.99 Å². The van der Waals surface area contributed by atoms with Crippen LogP contribution in [0.3, 0.4) is 0 Å². The molecule has 0 unspecified atom stereocenters. The quantitative estimate of drug-likeness (QED) is 0.255. The minimum Gasteiger partial charge on any atom is -0.493 e. The van der Waals surface area contributed by atoms with Gasteiger partial charge in [0.25, 0.3) is 5.56 Å². The summed E-state index contributed by atoms with van der Waals surface area (Å²) in [6.07, 6.45) is 3.59. The van der Waals surface area contributed by atoms with Gasteiger partial charge in [-0.1, -0.05) is 70.9 Å². The number of hydrogen-bond acceptors (Lipinski definition) is 4. The molecule has 0 amide bonds. The molecule has 1 aromatic heterocycles. The van der Waals surface area contributed by atoms with Gasteiger partial charge in [0.05, 0.1) is 27.4 Å². The van der Waals surface area contributed by atoms with Crippen LogP contribution >= 0.6 is 50.5 Å². The van der Waals surface area contributed by atoms with E-state index in [1.54, 1.807) is 10.6 Å². The summed E-state index contributed by atoms with van der Waals surface area (Å²) in [5, 5.41) is 1.10. The van der Waals surface area contributed by atoms with Crippen molar-refractivity contribution in [3.05, 3.63) is 123 Å². The van der Waals surface area contributed by atoms with Gasteiger partial charge < -0.3 is 4.74 Å². The number of halogens is 3. The maximum atomic E-state index is 13.9. The Morgan fingerprint density at radius 2 is 1.97 bits per heavy atom. The first-order valence-electron chi connectivity index (χ1n) is 11.9. The van der Waals surface area contributed by atoms with Gasteiger partial charge in [-0.25, -0.2) is 4.99 Å². The SMILES string of the molecule is CCOc1ccc(C=c2sc3n(c2=O)[C@@H](c2ccc(Cl)cc2Cl)C2=C(N=3)c3ccccc3CC2)cc1Br. The summed E-state index contributed by atoms with van der Waals surface area (Å²) < 4.78 is 8.88. The molecule has 37 heavy (non-hydrogen) atoms. The molecule has 2 aliphatic rings. The summed E-state index contributed by atoms with van der Waals surface area (Å²) in [5.74, 6) is 0.768. The average Bonchev–Trinajstić information content (AvgIpc) is 3.19. The topological polar surface area (TPSA) is 43.6 Å². The summed E-state index contributed by atoms with van der Waals surface area (Å²) in [7, 11) is 0. The lowest BCUT2D eigenvalue weighted by Crippen LogP contribution is -2.38. The molecule has 0 radical (unpaired) electrons. The van der Waals surface area contributed by atoms with Crippen LogP contribution in [0, 0.1) is 0 Å². The Balaban J connectivity index is 1.58. The molecule has 8 heteroatoms. The smallest absolute Gasteiger partial charge is 0.271 e. The Kier molecular flexibility index (Phi) is 6.61. The summed E-state index contributed by atoms with van der Waals surface area (Å²) in [5.41, 5.74) is 6.09. The van der Waals surface area contributed by atoms with E-state index in [0.29, 0.717) is 26.0 Å². The molecule has 1 aliphatic heterocycles. The van der Waals surface area contributed by atoms with Crippen molar-refractivity contribution in [3.8, 4) is 5.75 Å². The van der Waals surface area contributed by atoms with Crippen molar-refractivity contribution in [2.75, 3.05) is 6.61 Å². The van der Waals surface area contributed by atoms with Crippen molar-refractivity contribution in [1.29, 1.82) is 0 Å². The molecule has 0 bridgehead atoms. The van der Waals surface area contributed by atoms with Crippen molar-refractivity contribution in [2.45, 2.75) is 25.8 Å². The maximum Gasteiger partial charge on any atom is 0.271 e. The number of fused-ring (bicyclic) bond motifs is 3. The normalized spacial score (nSPS) is 16.6. The van der Waals surface area contributed by atoms with Gasteiger partial charge in [0, 0.05) is 15.6 Å². The zero-order valence-corrected chi connectivity index (χ0v) is 23.7. The second-order valence-corrected chi connectivity index (χ2v) is 11.6. The number of aromatic nitrogens is 1. The third-order valence-corrected chi connectivity index (χ3v) is 8.85. The van der Waals surface area contributed by atoms with E-state index in [1.807, 2.05) is 49.4 Å². The summed E-state index contributed by atoms with van der Waals surface area (Å²) in [4.78, 5) is 19.6. The van der Waals surface area contributed by atoms with Gasteiger partial charge in [-0.3, -0.25) is 9.36 Å². The van der Waals surface area contributed by atoms with Crippen LogP contribution in [0.15, 0.2) is 80.5 Å². The van der Waals surface area contributed by atoms with Gasteiger partial charge in [0.2, 0.25) is 0 Å². The molecule has 4 nitrogen and oxygen atoms in total. The molecule has 0 fully saturated rings. The van der Waals surface area contributed by atoms with Crippen LogP contribution in [0.2, 0.25) is 10.0 Å². The first kappa shape index (κ1) is 24.7. The van der Waals surface area contributed by atoms with Gasteiger partial charge in [0.1, 0.15) is 5.75 Å². The van der Waals surface area contributed by atoms with E-state index in [9.17, 15) is 4.79 Å². The second kappa shape index (κ2) is 9.91. The molecule has 0 saturated heterocycles. The Hall–Kier alpha value is -2.64. The molecule has 2 heterocycles. The number of benzene rings is 3. The number of thiazole rings is 1. The first-order valence-corrected chi connectivity index (χ1v) is 14.3. The second-order valence-electron chi connectivity index (χ2n) is 8.90. The zero-order valence-electron chi connectivity index (χ0n) is 19.8. The van der Waals surface area contributed by atoms with E-state index in [-0.39, 0.29) is 11.6 Å². The van der Waals surface area contributed by atoms with E-state index in [0.717, 1.165) is 51.0 Å². The molecule has 0 spiro atoms. The molecule has 186 valence electrons. The van der Waals surface area contributed by atoms with E-state index in [4.69, 9.17) is 32.9 Å². The zero-order chi connectivity index (χ0) is 25.7. The molecule has 1 atom stereocenters. The van der Waals surface area contributed by atoms with Gasteiger partial charge in [0.15, 0.2) is 4.80 Å². The van der Waals surface area contributed by atoms with Crippen LogP contribution in [0.5, 0.6) is 5.75 Å². The maximum absolute atomic E-state index is 13.9. The van der Waals surface area contributed by atoms with Crippen molar-refractivity contribution in [1.82, 2.24) is 4.57 Å². The van der Waals surface area contributed by atoms with Crippen LogP contribution in [0.4, 0.5) is 0 Å². The minimum atomic E-state index is -0.349. The highest BCUT2D eigenvalue weighted by molar-refractivity contribution is 9.10. The summed E-state index contributed by atoms with van der Waals surface area (Å²) >= 11 is 17.9. The molecular formula is C29H21BrCl2N2O2S. The van der Waals surface area contributed by atoms with Gasteiger partial charge >= 0.3 is 0 Å². The number of rotatable bonds is 4. The predicted octanol–water partition coefficient (Wildman–Crippen LogP) is 6.79. The molecular weight excluding hydrogens is 591 g/mol. The van der Waals surface area contributed by atoms with Gasteiger partial charge in [-0.05, 0) is 88.3 Å². The Morgan fingerprint density at radius 1 is 1.14 bits per heavy atom. The van der Waals surface area contributed by atoms with Crippen LogP contribution in [-0.2, 0) is 6.42 Å². The third kappa shape index (κ3) is 4.40. The highest BCUT2D eigenvalue weighted by Crippen LogP contribution is 2.43. The Labute approximate surface area is 236 Å². The number of nitrogens with zero attached hydrogens (tertiary/aromatic N) is 2. The Bertz CT molecular complexity index is 1770. The lowest BCUT2D eigenvalue weighted by atomic mass is 9.83. The molecule has 0 saturated carbocycles. The van der Waals surface area contributed by atoms with Gasteiger partial charge in [-0.2, -0.15) is 0 Å². The van der Waals surface area contributed by atoms with Crippen molar-refractivity contribution < 1.29 is 4.74 Å². The van der Waals surface area contributed by atoms with Crippen molar-refractivity contribution in [3.63, 3.8) is 0 Å². The van der Waals surface area contributed by atoms with Crippen LogP contribution in [0.1, 0.15) is 41.6 Å². The third-order valence-electron chi connectivity index (χ3n) is 6.68. The number of allylic oxidation sites excluding steroid dienone is 1. The van der Waals surface area contributed by atoms with E-state index in [1.165, 1.54) is 16.9 Å². The number of hydrogen-bond donors (Lipinski definition) is 0. The van der Waals surface area contributed by atoms with Crippen LogP contribution in [-0.4, -0.2) is 11.2 Å². The Morgan fingerprint density at radius 3 is 2.76 bits per heavy atom. The molecule has 4 aromatic rings. The predicted molar refractivity (Wildman–Crippen MR) is 155 cm³/mol. The lowest BCUT2D eigenvalue weighted by molar-refractivity contribution is 0.338. The fraction of sp³-hybridized carbons (Fsp3) is 0.172. The first-order chi connectivity index (χ1) is 17.9. The highest BCUT2D eigenvalue weighted by Gasteiger charge is 2.33. The lowest BCUT2D eigenvalue weighted by Gasteiger charge is -2.31.